The molecule has 0 aromatic heterocycles. The minimum absolute atomic E-state index is 0.181. The Kier molecular flexibility index (Phi) is 7.93. The number of alkyl halides is 3. The largest absolute Gasteiger partial charge is 0.573 e. The Morgan fingerprint density at radius 2 is 1.62 bits per heavy atom. The number of aryl methyl sites for hydroxylation is 1. The number of nitrogens with zero attached hydrogens (tertiary/aromatic N) is 1. The molecule has 2 N–H and O–H groups in total. The van der Waals surface area contributed by atoms with Crippen LogP contribution in [-0.4, -0.2) is 51.0 Å². The topological polar surface area (TPSA) is 79.9 Å². The molecule has 1 aliphatic rings. The third kappa shape index (κ3) is 7.45. The highest BCUT2D eigenvalue weighted by Gasteiger charge is 2.31. The molecule has 2 aromatic rings. The zero-order valence-electron chi connectivity index (χ0n) is 17.3. The van der Waals surface area contributed by atoms with Crippen LogP contribution in [0.1, 0.15) is 12.0 Å². The van der Waals surface area contributed by atoms with E-state index in [1.807, 2.05) is 12.1 Å². The van der Waals surface area contributed by atoms with Gasteiger partial charge in [-0.15, -0.1) is 13.2 Å². The summed E-state index contributed by atoms with van der Waals surface area (Å²) in [5, 5.41) is 4.86. The lowest BCUT2D eigenvalue weighted by molar-refractivity contribution is -0.274. The number of ether oxygens (including phenoxy) is 2. The number of anilines is 2. The van der Waals surface area contributed by atoms with Crippen molar-refractivity contribution in [3.63, 3.8) is 0 Å². The fourth-order valence-corrected chi connectivity index (χ4v) is 3.20. The van der Waals surface area contributed by atoms with Crippen LogP contribution in [0.3, 0.4) is 0 Å². The van der Waals surface area contributed by atoms with E-state index in [0.29, 0.717) is 13.0 Å². The van der Waals surface area contributed by atoms with E-state index in [1.54, 1.807) is 0 Å². The molecule has 0 bridgehead atoms. The van der Waals surface area contributed by atoms with Gasteiger partial charge < -0.3 is 25.0 Å². The fourth-order valence-electron chi connectivity index (χ4n) is 3.20. The molecule has 32 heavy (non-hydrogen) atoms. The van der Waals surface area contributed by atoms with Gasteiger partial charge in [0.05, 0.1) is 13.2 Å². The first-order valence-corrected chi connectivity index (χ1v) is 10.2. The normalized spacial score (nSPS) is 14.0. The molecule has 7 nitrogen and oxygen atoms in total. The molecule has 0 unspecified atom stereocenters. The monoisotopic (exact) mass is 451 g/mol. The molecule has 0 atom stereocenters. The van der Waals surface area contributed by atoms with Crippen molar-refractivity contribution in [1.29, 1.82) is 0 Å². The van der Waals surface area contributed by atoms with Gasteiger partial charge in [-0.2, -0.15) is 0 Å². The average molecular weight is 451 g/mol. The third-order valence-corrected chi connectivity index (χ3v) is 4.79. The lowest BCUT2D eigenvalue weighted by Crippen LogP contribution is -2.36. The highest BCUT2D eigenvalue weighted by atomic mass is 19.4. The summed E-state index contributed by atoms with van der Waals surface area (Å²) in [6.45, 7) is 3.52. The molecule has 172 valence electrons. The summed E-state index contributed by atoms with van der Waals surface area (Å²) in [5.74, 6) is -2.13. The Morgan fingerprint density at radius 3 is 2.25 bits per heavy atom. The number of amides is 2. The highest BCUT2D eigenvalue weighted by Crippen LogP contribution is 2.24. The molecule has 0 spiro atoms. The standard InChI is InChI=1S/C22H24F3N3O4/c23-22(24,25)32-19-9-5-17(6-10-19)27-21(30)20(29)26-11-1-2-16-3-7-18(8-4-16)28-12-14-31-15-13-28/h3-10H,1-2,11-15H2,(H,26,29)(H,27,30). The van der Waals surface area contributed by atoms with Crippen molar-refractivity contribution in [3.8, 4) is 5.75 Å². The maximum Gasteiger partial charge on any atom is 0.573 e. The second-order valence-corrected chi connectivity index (χ2v) is 7.15. The number of rotatable bonds is 7. The SMILES string of the molecule is O=C(NCCCc1ccc(N2CCOCC2)cc1)C(=O)Nc1ccc(OC(F)(F)F)cc1. The molecular formula is C22H24F3N3O4. The molecule has 10 heteroatoms. The van der Waals surface area contributed by atoms with Crippen molar-refractivity contribution >= 4 is 23.2 Å². The summed E-state index contributed by atoms with van der Waals surface area (Å²) in [5.41, 5.74) is 2.46. The molecule has 1 aliphatic heterocycles. The van der Waals surface area contributed by atoms with Gasteiger partial charge in [0, 0.05) is 31.0 Å². The number of hydrogen-bond acceptors (Lipinski definition) is 5. The van der Waals surface area contributed by atoms with Crippen LogP contribution in [0.15, 0.2) is 48.5 Å². The van der Waals surface area contributed by atoms with Crippen LogP contribution in [0.5, 0.6) is 5.75 Å². The van der Waals surface area contributed by atoms with E-state index in [-0.39, 0.29) is 5.69 Å². The van der Waals surface area contributed by atoms with Crippen molar-refractivity contribution in [2.24, 2.45) is 0 Å². The molecule has 2 amide bonds. The number of nitrogens with one attached hydrogen (secondary N) is 2. The minimum Gasteiger partial charge on any atom is -0.406 e. The molecule has 1 heterocycles. The van der Waals surface area contributed by atoms with Gasteiger partial charge in [-0.25, -0.2) is 0 Å². The highest BCUT2D eigenvalue weighted by molar-refractivity contribution is 6.39. The summed E-state index contributed by atoms with van der Waals surface area (Å²) in [4.78, 5) is 26.1. The van der Waals surface area contributed by atoms with Crippen LogP contribution in [0.4, 0.5) is 24.5 Å². The van der Waals surface area contributed by atoms with E-state index in [2.05, 4.69) is 32.4 Å². The van der Waals surface area contributed by atoms with Crippen molar-refractivity contribution in [3.05, 3.63) is 54.1 Å². The van der Waals surface area contributed by atoms with Gasteiger partial charge in [0.2, 0.25) is 0 Å². The Hall–Kier alpha value is -3.27. The third-order valence-electron chi connectivity index (χ3n) is 4.79. The molecule has 2 aromatic carbocycles. The minimum atomic E-state index is -4.80. The quantitative estimate of drug-likeness (QED) is 0.500. The van der Waals surface area contributed by atoms with Crippen molar-refractivity contribution < 1.29 is 32.2 Å². The van der Waals surface area contributed by atoms with Gasteiger partial charge in [0.25, 0.3) is 0 Å². The number of carbonyl (C=O) groups excluding carboxylic acids is 2. The fraction of sp³-hybridized carbons (Fsp3) is 0.364. The molecule has 0 radical (unpaired) electrons. The number of morpholine rings is 1. The van der Waals surface area contributed by atoms with E-state index in [4.69, 9.17) is 4.74 Å². The van der Waals surface area contributed by atoms with Crippen LogP contribution in [0.2, 0.25) is 0 Å². The Labute approximate surface area is 183 Å². The lowest BCUT2D eigenvalue weighted by atomic mass is 10.1. The first-order chi connectivity index (χ1) is 15.3. The predicted octanol–water partition coefficient (Wildman–Crippen LogP) is 3.11. The maximum atomic E-state index is 12.2. The number of hydrogen-bond donors (Lipinski definition) is 2. The Morgan fingerprint density at radius 1 is 0.969 bits per heavy atom. The first kappa shape index (κ1) is 23.4. The number of carbonyl (C=O) groups is 2. The summed E-state index contributed by atoms with van der Waals surface area (Å²) in [6.07, 6.45) is -3.40. The van der Waals surface area contributed by atoms with Crippen LogP contribution < -0.4 is 20.3 Å². The van der Waals surface area contributed by atoms with Crippen LogP contribution in [0.25, 0.3) is 0 Å². The van der Waals surface area contributed by atoms with Crippen LogP contribution >= 0.6 is 0 Å². The molecule has 1 fully saturated rings. The zero-order chi connectivity index (χ0) is 23.0. The molecular weight excluding hydrogens is 427 g/mol. The van der Waals surface area contributed by atoms with Gasteiger partial charge >= 0.3 is 18.2 Å². The smallest absolute Gasteiger partial charge is 0.406 e. The summed E-state index contributed by atoms with van der Waals surface area (Å²) in [6, 6.07) is 12.8. The van der Waals surface area contributed by atoms with Gasteiger partial charge in [0.15, 0.2) is 0 Å². The van der Waals surface area contributed by atoms with E-state index in [0.717, 1.165) is 56.1 Å². The molecule has 0 aliphatic carbocycles. The Balaban J connectivity index is 1.36. The zero-order valence-corrected chi connectivity index (χ0v) is 17.3. The summed E-state index contributed by atoms with van der Waals surface area (Å²) < 4.78 is 45.6. The lowest BCUT2D eigenvalue weighted by Gasteiger charge is -2.28. The summed E-state index contributed by atoms with van der Waals surface area (Å²) >= 11 is 0. The van der Waals surface area contributed by atoms with Crippen LogP contribution in [-0.2, 0) is 20.7 Å². The van der Waals surface area contributed by atoms with Crippen molar-refractivity contribution in [2.45, 2.75) is 19.2 Å². The second kappa shape index (κ2) is 10.9. The van der Waals surface area contributed by atoms with Crippen molar-refractivity contribution in [1.82, 2.24) is 5.32 Å². The van der Waals surface area contributed by atoms with Gasteiger partial charge in [-0.3, -0.25) is 9.59 Å². The van der Waals surface area contributed by atoms with Crippen molar-refractivity contribution in [2.75, 3.05) is 43.1 Å². The average Bonchev–Trinajstić information content (AvgIpc) is 2.78. The van der Waals surface area contributed by atoms with E-state index < -0.39 is 23.9 Å². The van der Waals surface area contributed by atoms with Gasteiger partial charge in [-0.1, -0.05) is 12.1 Å². The molecule has 1 saturated heterocycles. The molecule has 0 saturated carbocycles. The van der Waals surface area contributed by atoms with E-state index in [1.165, 1.54) is 12.1 Å². The second-order valence-electron chi connectivity index (χ2n) is 7.15. The summed E-state index contributed by atoms with van der Waals surface area (Å²) in [7, 11) is 0. The molecule has 3 rings (SSSR count). The number of halogens is 3. The number of benzene rings is 2. The van der Waals surface area contributed by atoms with Gasteiger partial charge in [-0.05, 0) is 54.8 Å². The van der Waals surface area contributed by atoms with E-state index >= 15 is 0 Å². The predicted molar refractivity (Wildman–Crippen MR) is 113 cm³/mol. The van der Waals surface area contributed by atoms with E-state index in [9.17, 15) is 22.8 Å². The first-order valence-electron chi connectivity index (χ1n) is 10.2. The maximum absolute atomic E-state index is 12.2. The van der Waals surface area contributed by atoms with Gasteiger partial charge in [0.1, 0.15) is 5.75 Å². The van der Waals surface area contributed by atoms with Crippen LogP contribution in [0, 0.1) is 0 Å². The Bertz CT molecular complexity index is 896.